The maximum absolute atomic E-state index is 12.8. The average molecular weight is 402 g/mol. The second-order valence-electron chi connectivity index (χ2n) is 6.50. The molecule has 0 aliphatic rings. The standard InChI is InChI=1S/C20H22N2O7/c1-11(2)29-20(25)17-13(4)21-12(3)16(19(24)28-10-9-23)18(17)14-7-5-6-8-15(14)22(26)27/h5-8,11,23H,9-10H2,1-4H3. The number of aromatic nitrogens is 1. The molecule has 2 aromatic rings. The molecule has 1 N–H and O–H groups in total. The molecule has 9 heteroatoms. The number of pyridine rings is 1. The van der Waals surface area contributed by atoms with Crippen LogP contribution in [0, 0.1) is 24.0 Å². The lowest BCUT2D eigenvalue weighted by Crippen LogP contribution is -2.20. The molecule has 2 rings (SSSR count). The minimum Gasteiger partial charge on any atom is -0.460 e. The molecule has 9 nitrogen and oxygen atoms in total. The van der Waals surface area contributed by atoms with Crippen molar-refractivity contribution in [3.05, 3.63) is 56.9 Å². The van der Waals surface area contributed by atoms with Crippen molar-refractivity contribution < 1.29 is 29.1 Å². The molecule has 0 spiro atoms. The number of hydrogen-bond acceptors (Lipinski definition) is 8. The number of esters is 2. The Bertz CT molecular complexity index is 954. The summed E-state index contributed by atoms with van der Waals surface area (Å²) in [6.07, 6.45) is -0.452. The molecule has 0 amide bonds. The third-order valence-electron chi connectivity index (χ3n) is 4.00. The van der Waals surface area contributed by atoms with E-state index in [0.717, 1.165) is 0 Å². The van der Waals surface area contributed by atoms with Gasteiger partial charge in [0.05, 0.1) is 45.7 Å². The Balaban J connectivity index is 2.91. The van der Waals surface area contributed by atoms with E-state index >= 15 is 0 Å². The predicted octanol–water partition coefficient (Wildman–Crippen LogP) is 2.99. The molecule has 0 radical (unpaired) electrons. The van der Waals surface area contributed by atoms with Crippen LogP contribution in [0.5, 0.6) is 0 Å². The Morgan fingerprint density at radius 3 is 2.28 bits per heavy atom. The number of rotatable bonds is 7. The molecule has 0 saturated carbocycles. The zero-order chi connectivity index (χ0) is 21.7. The summed E-state index contributed by atoms with van der Waals surface area (Å²) in [5, 5.41) is 20.6. The van der Waals surface area contributed by atoms with Crippen molar-refractivity contribution in [1.29, 1.82) is 0 Å². The Kier molecular flexibility index (Phi) is 7.00. The van der Waals surface area contributed by atoms with Crippen molar-refractivity contribution in [1.82, 2.24) is 4.98 Å². The molecule has 0 aliphatic heterocycles. The second-order valence-corrected chi connectivity index (χ2v) is 6.50. The van der Waals surface area contributed by atoms with Gasteiger partial charge in [-0.3, -0.25) is 15.1 Å². The van der Waals surface area contributed by atoms with E-state index in [1.54, 1.807) is 33.8 Å². The lowest BCUT2D eigenvalue weighted by atomic mass is 9.91. The van der Waals surface area contributed by atoms with E-state index in [1.165, 1.54) is 18.2 Å². The van der Waals surface area contributed by atoms with Crippen LogP contribution in [0.15, 0.2) is 24.3 Å². The highest BCUT2D eigenvalue weighted by molar-refractivity contribution is 6.08. The van der Waals surface area contributed by atoms with Crippen LogP contribution in [0.25, 0.3) is 11.1 Å². The number of carbonyl (C=O) groups is 2. The van der Waals surface area contributed by atoms with Crippen molar-refractivity contribution in [2.24, 2.45) is 0 Å². The number of nitro benzene ring substituents is 1. The van der Waals surface area contributed by atoms with Crippen LogP contribution in [0.2, 0.25) is 0 Å². The number of aliphatic hydroxyl groups is 1. The first kappa shape index (κ1) is 22.0. The lowest BCUT2D eigenvalue weighted by molar-refractivity contribution is -0.384. The van der Waals surface area contributed by atoms with Gasteiger partial charge < -0.3 is 14.6 Å². The molecule has 0 atom stereocenters. The summed E-state index contributed by atoms with van der Waals surface area (Å²) in [5.41, 5.74) is 0.171. The maximum Gasteiger partial charge on any atom is 0.340 e. The summed E-state index contributed by atoms with van der Waals surface area (Å²) in [5.74, 6) is -1.61. The summed E-state index contributed by atoms with van der Waals surface area (Å²) in [7, 11) is 0. The van der Waals surface area contributed by atoms with Crippen molar-refractivity contribution in [2.75, 3.05) is 13.2 Å². The van der Waals surface area contributed by atoms with Crippen LogP contribution >= 0.6 is 0 Å². The number of nitro groups is 1. The van der Waals surface area contributed by atoms with Crippen molar-refractivity contribution in [3.8, 4) is 11.1 Å². The van der Waals surface area contributed by atoms with Gasteiger partial charge >= 0.3 is 11.9 Å². The van der Waals surface area contributed by atoms with E-state index in [4.69, 9.17) is 14.6 Å². The van der Waals surface area contributed by atoms with E-state index in [2.05, 4.69) is 4.98 Å². The smallest absolute Gasteiger partial charge is 0.340 e. The highest BCUT2D eigenvalue weighted by Crippen LogP contribution is 2.37. The molecular weight excluding hydrogens is 380 g/mol. The molecule has 0 saturated heterocycles. The first-order valence-corrected chi connectivity index (χ1v) is 8.93. The fourth-order valence-electron chi connectivity index (χ4n) is 2.95. The zero-order valence-corrected chi connectivity index (χ0v) is 16.6. The Hall–Kier alpha value is -3.33. The average Bonchev–Trinajstić information content (AvgIpc) is 2.64. The number of ether oxygens (including phenoxy) is 2. The molecule has 1 aromatic carbocycles. The number of aryl methyl sites for hydroxylation is 2. The third-order valence-corrected chi connectivity index (χ3v) is 4.00. The van der Waals surface area contributed by atoms with Crippen molar-refractivity contribution in [2.45, 2.75) is 33.8 Å². The lowest BCUT2D eigenvalue weighted by Gasteiger charge is -2.18. The van der Waals surface area contributed by atoms with Gasteiger partial charge in [0, 0.05) is 11.6 Å². The fourth-order valence-corrected chi connectivity index (χ4v) is 2.95. The number of hydrogen-bond donors (Lipinski definition) is 1. The number of aliphatic hydroxyl groups excluding tert-OH is 1. The largest absolute Gasteiger partial charge is 0.460 e. The van der Waals surface area contributed by atoms with E-state index in [0.29, 0.717) is 0 Å². The maximum atomic E-state index is 12.8. The van der Waals surface area contributed by atoms with Crippen LogP contribution in [0.4, 0.5) is 5.69 Å². The molecule has 0 fully saturated rings. The minimum absolute atomic E-state index is 0.0240. The normalized spacial score (nSPS) is 10.7. The Morgan fingerprint density at radius 1 is 1.14 bits per heavy atom. The summed E-state index contributed by atoms with van der Waals surface area (Å²) in [4.78, 5) is 40.8. The van der Waals surface area contributed by atoms with Crippen molar-refractivity contribution in [3.63, 3.8) is 0 Å². The molecule has 0 unspecified atom stereocenters. The number of nitrogens with zero attached hydrogens (tertiary/aromatic N) is 2. The molecule has 29 heavy (non-hydrogen) atoms. The quantitative estimate of drug-likeness (QED) is 0.425. The van der Waals surface area contributed by atoms with Crippen LogP contribution in [0.3, 0.4) is 0 Å². The zero-order valence-electron chi connectivity index (χ0n) is 16.6. The second kappa shape index (κ2) is 9.24. The van der Waals surface area contributed by atoms with Gasteiger partial charge in [-0.05, 0) is 33.8 Å². The first-order chi connectivity index (χ1) is 13.7. The van der Waals surface area contributed by atoms with Gasteiger partial charge in [-0.25, -0.2) is 9.59 Å². The number of benzene rings is 1. The molecule has 0 aliphatic carbocycles. The van der Waals surface area contributed by atoms with Crippen molar-refractivity contribution >= 4 is 17.6 Å². The summed E-state index contributed by atoms with van der Waals surface area (Å²) in [6.45, 7) is 5.76. The molecule has 154 valence electrons. The molecule has 0 bridgehead atoms. The highest BCUT2D eigenvalue weighted by Gasteiger charge is 2.31. The van der Waals surface area contributed by atoms with E-state index in [-0.39, 0.29) is 45.9 Å². The first-order valence-electron chi connectivity index (χ1n) is 8.93. The van der Waals surface area contributed by atoms with Gasteiger partial charge in [0.1, 0.15) is 6.61 Å². The number of para-hydroxylation sites is 1. The summed E-state index contributed by atoms with van der Waals surface area (Å²) in [6, 6.07) is 5.77. The summed E-state index contributed by atoms with van der Waals surface area (Å²) < 4.78 is 10.3. The van der Waals surface area contributed by atoms with E-state index in [1.807, 2.05) is 0 Å². The predicted molar refractivity (Wildman–Crippen MR) is 104 cm³/mol. The van der Waals surface area contributed by atoms with Gasteiger partial charge in [-0.2, -0.15) is 0 Å². The van der Waals surface area contributed by atoms with Gasteiger partial charge in [-0.15, -0.1) is 0 Å². The topological polar surface area (TPSA) is 129 Å². The molecular formula is C20H22N2O7. The number of carbonyl (C=O) groups excluding carboxylic acids is 2. The van der Waals surface area contributed by atoms with E-state index < -0.39 is 29.6 Å². The Morgan fingerprint density at radius 2 is 1.72 bits per heavy atom. The van der Waals surface area contributed by atoms with Gasteiger partial charge in [0.15, 0.2) is 0 Å². The van der Waals surface area contributed by atoms with Crippen LogP contribution in [-0.4, -0.2) is 46.3 Å². The van der Waals surface area contributed by atoms with Crippen LogP contribution < -0.4 is 0 Å². The summed E-state index contributed by atoms with van der Waals surface area (Å²) >= 11 is 0. The van der Waals surface area contributed by atoms with Gasteiger partial charge in [-0.1, -0.05) is 12.1 Å². The SMILES string of the molecule is Cc1nc(C)c(C(=O)OC(C)C)c(-c2ccccc2[N+](=O)[O-])c1C(=O)OCCO. The van der Waals surface area contributed by atoms with Crippen LogP contribution in [-0.2, 0) is 9.47 Å². The minimum atomic E-state index is -0.851. The monoisotopic (exact) mass is 402 g/mol. The van der Waals surface area contributed by atoms with E-state index in [9.17, 15) is 19.7 Å². The molecule has 1 aromatic heterocycles. The van der Waals surface area contributed by atoms with Gasteiger partial charge in [0.25, 0.3) is 5.69 Å². The third kappa shape index (κ3) is 4.75. The van der Waals surface area contributed by atoms with Gasteiger partial charge in [0.2, 0.25) is 0 Å². The highest BCUT2D eigenvalue weighted by atomic mass is 16.6. The molecule has 1 heterocycles. The van der Waals surface area contributed by atoms with Crippen LogP contribution in [0.1, 0.15) is 46.0 Å². The Labute approximate surface area is 167 Å². The fraction of sp³-hybridized carbons (Fsp3) is 0.350.